The summed E-state index contributed by atoms with van der Waals surface area (Å²) in [7, 11) is 3.05. The van der Waals surface area contributed by atoms with E-state index in [-0.39, 0.29) is 24.3 Å². The first-order valence-electron chi connectivity index (χ1n) is 9.11. The van der Waals surface area contributed by atoms with E-state index < -0.39 is 0 Å². The molecule has 0 bridgehead atoms. The van der Waals surface area contributed by atoms with Crippen molar-refractivity contribution in [2.24, 2.45) is 0 Å². The first-order chi connectivity index (χ1) is 13.5. The van der Waals surface area contributed by atoms with Crippen LogP contribution in [0, 0.1) is 0 Å². The zero-order valence-electron chi connectivity index (χ0n) is 16.2. The van der Waals surface area contributed by atoms with Crippen LogP contribution >= 0.6 is 0 Å². The second-order valence-corrected chi connectivity index (χ2v) is 6.37. The van der Waals surface area contributed by atoms with E-state index in [0.717, 1.165) is 11.4 Å². The van der Waals surface area contributed by atoms with Crippen molar-refractivity contribution in [3.05, 3.63) is 48.0 Å². The summed E-state index contributed by atoms with van der Waals surface area (Å²) in [6, 6.07) is 12.1. The number of ether oxygens (including phenoxy) is 3. The lowest BCUT2D eigenvalue weighted by Gasteiger charge is -2.18. The molecular weight excluding hydrogens is 360 g/mol. The van der Waals surface area contributed by atoms with Crippen LogP contribution in [-0.2, 0) is 4.79 Å². The van der Waals surface area contributed by atoms with Gasteiger partial charge in [-0.1, -0.05) is 0 Å². The SMILES string of the molecule is CCOc1ccc(N2CC(NC(=O)c3ccc(OC)cc3OC)CC2=O)cc1. The average Bonchev–Trinajstić information content (AvgIpc) is 3.08. The molecule has 2 aromatic rings. The number of rotatable bonds is 7. The maximum atomic E-state index is 12.7. The van der Waals surface area contributed by atoms with Crippen molar-refractivity contribution in [1.29, 1.82) is 0 Å². The fourth-order valence-electron chi connectivity index (χ4n) is 3.19. The molecule has 1 unspecified atom stereocenters. The second-order valence-electron chi connectivity index (χ2n) is 6.37. The van der Waals surface area contributed by atoms with Gasteiger partial charge in [-0.25, -0.2) is 0 Å². The van der Waals surface area contributed by atoms with Gasteiger partial charge in [0.15, 0.2) is 0 Å². The lowest BCUT2D eigenvalue weighted by Crippen LogP contribution is -2.37. The normalized spacial score (nSPS) is 16.0. The van der Waals surface area contributed by atoms with E-state index in [1.807, 2.05) is 31.2 Å². The van der Waals surface area contributed by atoms with Gasteiger partial charge in [0.05, 0.1) is 32.4 Å². The highest BCUT2D eigenvalue weighted by Gasteiger charge is 2.32. The highest BCUT2D eigenvalue weighted by Crippen LogP contribution is 2.27. The van der Waals surface area contributed by atoms with E-state index >= 15 is 0 Å². The van der Waals surface area contributed by atoms with Crippen LogP contribution in [0.2, 0.25) is 0 Å². The van der Waals surface area contributed by atoms with Crippen LogP contribution in [0.1, 0.15) is 23.7 Å². The van der Waals surface area contributed by atoms with Gasteiger partial charge in [0.25, 0.3) is 5.91 Å². The van der Waals surface area contributed by atoms with Gasteiger partial charge in [0.2, 0.25) is 5.91 Å². The molecule has 1 aliphatic heterocycles. The van der Waals surface area contributed by atoms with Crippen molar-refractivity contribution < 1.29 is 23.8 Å². The molecule has 1 aliphatic rings. The number of hydrogen-bond donors (Lipinski definition) is 1. The Kier molecular flexibility index (Phi) is 6.03. The Bertz CT molecular complexity index is 850. The molecule has 0 radical (unpaired) electrons. The minimum Gasteiger partial charge on any atom is -0.497 e. The summed E-state index contributed by atoms with van der Waals surface area (Å²) >= 11 is 0. The lowest BCUT2D eigenvalue weighted by molar-refractivity contribution is -0.117. The highest BCUT2D eigenvalue weighted by molar-refractivity contribution is 6.00. The molecule has 0 aromatic heterocycles. The largest absolute Gasteiger partial charge is 0.497 e. The van der Waals surface area contributed by atoms with Crippen molar-refractivity contribution in [1.82, 2.24) is 5.32 Å². The molecule has 0 aliphatic carbocycles. The van der Waals surface area contributed by atoms with Crippen molar-refractivity contribution in [2.45, 2.75) is 19.4 Å². The first-order valence-corrected chi connectivity index (χ1v) is 9.11. The molecule has 1 heterocycles. The maximum absolute atomic E-state index is 12.7. The number of carbonyl (C=O) groups is 2. The number of hydrogen-bond acceptors (Lipinski definition) is 5. The minimum atomic E-state index is -0.286. The average molecular weight is 384 g/mol. The summed E-state index contributed by atoms with van der Waals surface area (Å²) in [6.07, 6.45) is 0.247. The number of amides is 2. The van der Waals surface area contributed by atoms with Crippen molar-refractivity contribution >= 4 is 17.5 Å². The molecular formula is C21H24N2O5. The van der Waals surface area contributed by atoms with Crippen LogP contribution in [0.3, 0.4) is 0 Å². The van der Waals surface area contributed by atoms with Gasteiger partial charge < -0.3 is 24.4 Å². The molecule has 7 nitrogen and oxygen atoms in total. The molecule has 148 valence electrons. The molecule has 3 rings (SSSR count). The Labute approximate surface area is 164 Å². The Morgan fingerprint density at radius 3 is 2.46 bits per heavy atom. The summed E-state index contributed by atoms with van der Waals surface area (Å²) < 4.78 is 15.9. The van der Waals surface area contributed by atoms with Crippen LogP contribution in [0.15, 0.2) is 42.5 Å². The number of methoxy groups -OCH3 is 2. The summed E-state index contributed by atoms with van der Waals surface area (Å²) in [6.45, 7) is 2.92. The number of carbonyl (C=O) groups excluding carboxylic acids is 2. The molecule has 28 heavy (non-hydrogen) atoms. The molecule has 1 saturated heterocycles. The van der Waals surface area contributed by atoms with E-state index in [1.165, 1.54) is 7.11 Å². The quantitative estimate of drug-likeness (QED) is 0.794. The van der Waals surface area contributed by atoms with Crippen LogP contribution in [0.4, 0.5) is 5.69 Å². The smallest absolute Gasteiger partial charge is 0.255 e. The zero-order valence-corrected chi connectivity index (χ0v) is 16.2. The summed E-state index contributed by atoms with van der Waals surface area (Å²) in [4.78, 5) is 26.8. The Morgan fingerprint density at radius 1 is 1.11 bits per heavy atom. The van der Waals surface area contributed by atoms with Crippen LogP contribution in [-0.4, -0.2) is 45.2 Å². The van der Waals surface area contributed by atoms with Crippen LogP contribution in [0.5, 0.6) is 17.2 Å². The van der Waals surface area contributed by atoms with E-state index in [2.05, 4.69) is 5.32 Å². The topological polar surface area (TPSA) is 77.1 Å². The molecule has 7 heteroatoms. The van der Waals surface area contributed by atoms with Gasteiger partial charge in [0.1, 0.15) is 17.2 Å². The second kappa shape index (κ2) is 8.65. The summed E-state index contributed by atoms with van der Waals surface area (Å²) in [5.41, 5.74) is 1.18. The Morgan fingerprint density at radius 2 is 1.82 bits per heavy atom. The van der Waals surface area contributed by atoms with E-state index in [0.29, 0.717) is 30.2 Å². The Balaban J connectivity index is 1.68. The van der Waals surface area contributed by atoms with Crippen LogP contribution < -0.4 is 24.4 Å². The molecule has 0 spiro atoms. The third-order valence-electron chi connectivity index (χ3n) is 4.57. The van der Waals surface area contributed by atoms with Gasteiger partial charge in [-0.3, -0.25) is 9.59 Å². The van der Waals surface area contributed by atoms with E-state index in [4.69, 9.17) is 14.2 Å². The maximum Gasteiger partial charge on any atom is 0.255 e. The number of nitrogens with zero attached hydrogens (tertiary/aromatic N) is 1. The summed E-state index contributed by atoms with van der Waals surface area (Å²) in [5.74, 6) is 1.46. The summed E-state index contributed by atoms with van der Waals surface area (Å²) in [5, 5.41) is 2.92. The molecule has 0 saturated carbocycles. The van der Waals surface area contributed by atoms with Gasteiger partial charge in [-0.2, -0.15) is 0 Å². The van der Waals surface area contributed by atoms with Gasteiger partial charge >= 0.3 is 0 Å². The number of anilines is 1. The molecule has 1 fully saturated rings. The third-order valence-corrected chi connectivity index (χ3v) is 4.57. The predicted octanol–water partition coefficient (Wildman–Crippen LogP) is 2.64. The zero-order chi connectivity index (χ0) is 20.1. The minimum absolute atomic E-state index is 0.0313. The van der Waals surface area contributed by atoms with Crippen molar-refractivity contribution in [3.63, 3.8) is 0 Å². The van der Waals surface area contributed by atoms with Gasteiger partial charge in [0, 0.05) is 24.7 Å². The van der Waals surface area contributed by atoms with Gasteiger partial charge in [-0.05, 0) is 43.3 Å². The van der Waals surface area contributed by atoms with Crippen molar-refractivity contribution in [3.8, 4) is 17.2 Å². The molecule has 1 N–H and O–H groups in total. The molecule has 2 aromatic carbocycles. The first kappa shape index (κ1) is 19.5. The lowest BCUT2D eigenvalue weighted by atomic mass is 10.1. The standard InChI is InChI=1S/C21H24N2O5/c1-4-28-16-7-5-15(6-8-16)23-13-14(11-20(23)24)22-21(25)18-10-9-17(26-2)12-19(18)27-3/h5-10,12,14H,4,11,13H2,1-3H3,(H,22,25). The fraction of sp³-hybridized carbons (Fsp3) is 0.333. The molecule has 1 atom stereocenters. The Hall–Kier alpha value is -3.22. The predicted molar refractivity (Wildman–Crippen MR) is 105 cm³/mol. The van der Waals surface area contributed by atoms with Gasteiger partial charge in [-0.15, -0.1) is 0 Å². The highest BCUT2D eigenvalue weighted by atomic mass is 16.5. The number of nitrogens with one attached hydrogen (secondary N) is 1. The molecule has 2 amide bonds. The van der Waals surface area contributed by atoms with E-state index in [1.54, 1.807) is 30.2 Å². The van der Waals surface area contributed by atoms with E-state index in [9.17, 15) is 9.59 Å². The van der Waals surface area contributed by atoms with Crippen LogP contribution in [0.25, 0.3) is 0 Å². The third kappa shape index (κ3) is 4.19. The fourth-order valence-corrected chi connectivity index (χ4v) is 3.19. The monoisotopic (exact) mass is 384 g/mol. The number of benzene rings is 2. The van der Waals surface area contributed by atoms with Crippen molar-refractivity contribution in [2.75, 3.05) is 32.3 Å².